The van der Waals surface area contributed by atoms with E-state index in [9.17, 15) is 17.6 Å². The summed E-state index contributed by atoms with van der Waals surface area (Å²) < 4.78 is 52.2. The summed E-state index contributed by atoms with van der Waals surface area (Å²) >= 11 is 0. The van der Waals surface area contributed by atoms with Gasteiger partial charge in [-0.3, -0.25) is 0 Å². The molecule has 1 fully saturated rings. The van der Waals surface area contributed by atoms with Gasteiger partial charge in [-0.25, -0.2) is 14.4 Å². The van der Waals surface area contributed by atoms with Crippen LogP contribution in [0.2, 0.25) is 0 Å². The molecular formula is C14H13F4N3. The van der Waals surface area contributed by atoms with E-state index in [1.165, 1.54) is 12.1 Å². The molecule has 0 unspecified atom stereocenters. The number of aromatic nitrogens is 2. The van der Waals surface area contributed by atoms with Crippen molar-refractivity contribution in [2.75, 3.05) is 18.0 Å². The molecule has 0 atom stereocenters. The Morgan fingerprint density at radius 3 is 2.38 bits per heavy atom. The number of hydrogen-bond acceptors (Lipinski definition) is 3. The van der Waals surface area contributed by atoms with E-state index in [0.29, 0.717) is 18.5 Å². The van der Waals surface area contributed by atoms with Crippen LogP contribution in [0.15, 0.2) is 18.2 Å². The second-order valence-corrected chi connectivity index (χ2v) is 5.08. The van der Waals surface area contributed by atoms with Crippen LogP contribution in [0.3, 0.4) is 0 Å². The molecule has 2 heterocycles. The summed E-state index contributed by atoms with van der Waals surface area (Å²) in [5, 5.41) is 0.324. The van der Waals surface area contributed by atoms with Gasteiger partial charge < -0.3 is 4.90 Å². The monoisotopic (exact) mass is 299 g/mol. The van der Waals surface area contributed by atoms with Crippen LogP contribution in [0.5, 0.6) is 0 Å². The molecule has 1 aromatic carbocycles. The number of hydrogen-bond donors (Lipinski definition) is 0. The molecule has 2 aromatic rings. The average molecular weight is 299 g/mol. The van der Waals surface area contributed by atoms with Gasteiger partial charge in [-0.15, -0.1) is 0 Å². The Labute approximate surface area is 118 Å². The Bertz CT molecular complexity index is 663. The predicted molar refractivity (Wildman–Crippen MR) is 70.6 cm³/mol. The largest absolute Gasteiger partial charge is 0.451 e. The van der Waals surface area contributed by atoms with Gasteiger partial charge in [-0.05, 0) is 37.5 Å². The summed E-state index contributed by atoms with van der Waals surface area (Å²) in [6.45, 7) is 1.25. The summed E-state index contributed by atoms with van der Waals surface area (Å²) in [7, 11) is 0. The van der Waals surface area contributed by atoms with Crippen molar-refractivity contribution in [3.05, 3.63) is 29.8 Å². The van der Waals surface area contributed by atoms with E-state index in [1.807, 2.05) is 0 Å². The fourth-order valence-electron chi connectivity index (χ4n) is 2.56. The molecule has 7 heteroatoms. The number of rotatable bonds is 1. The lowest BCUT2D eigenvalue weighted by Crippen LogP contribution is -2.31. The Morgan fingerprint density at radius 1 is 1.00 bits per heavy atom. The van der Waals surface area contributed by atoms with Gasteiger partial charge in [0.1, 0.15) is 11.6 Å². The van der Waals surface area contributed by atoms with Crippen LogP contribution in [0.1, 0.15) is 25.1 Å². The van der Waals surface area contributed by atoms with Crippen molar-refractivity contribution >= 4 is 16.7 Å². The summed E-state index contributed by atoms with van der Waals surface area (Å²) in [5.41, 5.74) is 0.110. The Morgan fingerprint density at radius 2 is 1.71 bits per heavy atom. The minimum absolute atomic E-state index is 0.110. The fraction of sp³-hybridized carbons (Fsp3) is 0.429. The van der Waals surface area contributed by atoms with Crippen molar-refractivity contribution in [3.8, 4) is 0 Å². The van der Waals surface area contributed by atoms with Crippen LogP contribution in [0.4, 0.5) is 23.4 Å². The Balaban J connectivity index is 2.20. The van der Waals surface area contributed by atoms with Crippen LogP contribution in [-0.2, 0) is 6.18 Å². The van der Waals surface area contributed by atoms with E-state index < -0.39 is 17.8 Å². The van der Waals surface area contributed by atoms with Crippen LogP contribution >= 0.6 is 0 Å². The van der Waals surface area contributed by atoms with Gasteiger partial charge in [-0.2, -0.15) is 13.2 Å². The predicted octanol–water partition coefficient (Wildman–Crippen LogP) is 3.78. The Hall–Kier alpha value is -1.92. The molecule has 112 valence electrons. The van der Waals surface area contributed by atoms with E-state index in [4.69, 9.17) is 0 Å². The lowest BCUT2D eigenvalue weighted by molar-refractivity contribution is -0.144. The molecule has 0 spiro atoms. The number of fused-ring (bicyclic) bond motifs is 1. The summed E-state index contributed by atoms with van der Waals surface area (Å²) in [5.74, 6) is -1.52. The maximum atomic E-state index is 13.4. The van der Waals surface area contributed by atoms with Crippen LogP contribution < -0.4 is 4.90 Å². The maximum Gasteiger partial charge on any atom is 0.451 e. The van der Waals surface area contributed by atoms with E-state index in [0.717, 1.165) is 25.3 Å². The first-order chi connectivity index (χ1) is 9.95. The molecule has 3 rings (SSSR count). The molecule has 0 N–H and O–H groups in total. The third-order valence-corrected chi connectivity index (χ3v) is 3.55. The molecule has 1 saturated heterocycles. The quantitative estimate of drug-likeness (QED) is 0.750. The summed E-state index contributed by atoms with van der Waals surface area (Å²) in [4.78, 5) is 8.95. The van der Waals surface area contributed by atoms with Gasteiger partial charge in [0.05, 0.1) is 5.52 Å². The third-order valence-electron chi connectivity index (χ3n) is 3.55. The number of benzene rings is 1. The van der Waals surface area contributed by atoms with Gasteiger partial charge in [0.2, 0.25) is 5.82 Å². The SMILES string of the molecule is Fc1ccc2nc(C(F)(F)F)nc(N3CCCCC3)c2c1. The number of piperidine rings is 1. The summed E-state index contributed by atoms with van der Waals surface area (Å²) in [6, 6.07) is 3.56. The highest BCUT2D eigenvalue weighted by atomic mass is 19.4. The molecule has 0 amide bonds. The lowest BCUT2D eigenvalue weighted by atomic mass is 10.1. The fourth-order valence-corrected chi connectivity index (χ4v) is 2.56. The molecular weight excluding hydrogens is 286 g/mol. The van der Waals surface area contributed by atoms with Crippen molar-refractivity contribution in [1.29, 1.82) is 0 Å². The highest BCUT2D eigenvalue weighted by molar-refractivity contribution is 5.89. The molecule has 0 aliphatic carbocycles. The number of alkyl halides is 3. The van der Waals surface area contributed by atoms with E-state index in [-0.39, 0.29) is 11.3 Å². The Kier molecular flexibility index (Phi) is 3.43. The lowest BCUT2D eigenvalue weighted by Gasteiger charge is -2.29. The molecule has 1 aromatic heterocycles. The van der Waals surface area contributed by atoms with Gasteiger partial charge in [0.25, 0.3) is 0 Å². The zero-order valence-electron chi connectivity index (χ0n) is 11.1. The van der Waals surface area contributed by atoms with Crippen LogP contribution in [0, 0.1) is 5.82 Å². The van der Waals surface area contributed by atoms with Crippen LogP contribution in [0.25, 0.3) is 10.9 Å². The van der Waals surface area contributed by atoms with Crippen molar-refractivity contribution in [3.63, 3.8) is 0 Å². The zero-order valence-corrected chi connectivity index (χ0v) is 11.1. The molecule has 0 bridgehead atoms. The minimum atomic E-state index is -4.62. The molecule has 1 aliphatic heterocycles. The van der Waals surface area contributed by atoms with Gasteiger partial charge >= 0.3 is 6.18 Å². The normalized spacial score (nSPS) is 16.5. The van der Waals surface area contributed by atoms with E-state index in [1.54, 1.807) is 4.90 Å². The van der Waals surface area contributed by atoms with E-state index >= 15 is 0 Å². The number of anilines is 1. The average Bonchev–Trinajstić information content (AvgIpc) is 2.46. The molecule has 0 saturated carbocycles. The third kappa shape index (κ3) is 2.77. The summed E-state index contributed by atoms with van der Waals surface area (Å²) in [6.07, 6.45) is -1.79. The van der Waals surface area contributed by atoms with Gasteiger partial charge in [-0.1, -0.05) is 0 Å². The minimum Gasteiger partial charge on any atom is -0.356 e. The van der Waals surface area contributed by atoms with Crippen molar-refractivity contribution in [1.82, 2.24) is 9.97 Å². The highest BCUT2D eigenvalue weighted by Crippen LogP contribution is 2.33. The van der Waals surface area contributed by atoms with E-state index in [2.05, 4.69) is 9.97 Å². The zero-order chi connectivity index (χ0) is 15.0. The van der Waals surface area contributed by atoms with Gasteiger partial charge in [0.15, 0.2) is 0 Å². The first-order valence-corrected chi connectivity index (χ1v) is 6.74. The smallest absolute Gasteiger partial charge is 0.356 e. The van der Waals surface area contributed by atoms with Crippen molar-refractivity contribution < 1.29 is 17.6 Å². The van der Waals surface area contributed by atoms with Gasteiger partial charge in [0, 0.05) is 18.5 Å². The standard InChI is InChI=1S/C14H13F4N3/c15-9-4-5-11-10(8-9)12(21-6-2-1-3-7-21)20-13(19-11)14(16,17)18/h4-5,8H,1-3,6-7H2. The molecule has 0 radical (unpaired) electrons. The number of nitrogens with zero attached hydrogens (tertiary/aromatic N) is 3. The van der Waals surface area contributed by atoms with Crippen molar-refractivity contribution in [2.45, 2.75) is 25.4 Å². The molecule has 1 aliphatic rings. The molecule has 21 heavy (non-hydrogen) atoms. The van der Waals surface area contributed by atoms with Crippen molar-refractivity contribution in [2.24, 2.45) is 0 Å². The molecule has 3 nitrogen and oxygen atoms in total. The number of halogens is 4. The highest BCUT2D eigenvalue weighted by Gasteiger charge is 2.36. The second-order valence-electron chi connectivity index (χ2n) is 5.08. The van der Waals surface area contributed by atoms with Crippen LogP contribution in [-0.4, -0.2) is 23.1 Å². The topological polar surface area (TPSA) is 29.0 Å². The second kappa shape index (κ2) is 5.13. The first-order valence-electron chi connectivity index (χ1n) is 6.74. The maximum absolute atomic E-state index is 13.4. The first kappa shape index (κ1) is 14.0.